The minimum Gasteiger partial charge on any atom is -0.310 e. The lowest BCUT2D eigenvalue weighted by atomic mass is 9.65. The zero-order valence-corrected chi connectivity index (χ0v) is 53.1. The number of para-hydroxylation sites is 6. The number of benzene rings is 15. The van der Waals surface area contributed by atoms with Crippen LogP contribution in [0.5, 0.6) is 0 Å². The predicted molar refractivity (Wildman–Crippen MR) is 398 cm³/mol. The second-order valence-corrected chi connectivity index (χ2v) is 26.0. The molecule has 448 valence electrons. The van der Waals surface area contributed by atoms with Crippen molar-refractivity contribution in [1.82, 2.24) is 0 Å². The standard InChI is InChI=1S/C90H68N4/c1-89(2)79-57-61(70-41-23-47-76-73(70)44-26-50-83(76)91(64-29-11-5-12-30-64)65-31-13-6-14-32-65)53-55-86(79)94-87-56-54-62(71-42-24-48-77-74(71)45-27-51-84(77)92(66-33-15-7-16-34-66)67-35-17-8-18-36-67)58-80(87)90(3,4)82-60-63(59-81(89)88(82)94)72-43-25-49-78-75(72)46-28-52-85(78)93(68-37-19-9-20-38-68)69-39-21-10-22-40-69/h5-60H,1-4H3. The second kappa shape index (κ2) is 22.6. The van der Waals surface area contributed by atoms with Gasteiger partial charge in [0.15, 0.2) is 0 Å². The van der Waals surface area contributed by atoms with Crippen LogP contribution >= 0.6 is 0 Å². The molecule has 0 amide bonds. The molecule has 0 aliphatic carbocycles. The number of nitrogens with zero attached hydrogens (tertiary/aromatic N) is 4. The van der Waals surface area contributed by atoms with Crippen molar-refractivity contribution in [3.8, 4) is 33.4 Å². The Morgan fingerprint density at radius 3 is 0.777 bits per heavy atom. The van der Waals surface area contributed by atoms with E-state index in [1.807, 2.05) is 0 Å². The van der Waals surface area contributed by atoms with Crippen molar-refractivity contribution < 1.29 is 0 Å². The highest BCUT2D eigenvalue weighted by Crippen LogP contribution is 2.62. The third kappa shape index (κ3) is 9.19. The molecule has 0 atom stereocenters. The zero-order chi connectivity index (χ0) is 63.1. The minimum absolute atomic E-state index is 0.441. The van der Waals surface area contributed by atoms with Crippen LogP contribution in [0.1, 0.15) is 49.9 Å². The van der Waals surface area contributed by atoms with Gasteiger partial charge in [-0.3, -0.25) is 0 Å². The first-order valence-electron chi connectivity index (χ1n) is 32.7. The van der Waals surface area contributed by atoms with E-state index in [-0.39, 0.29) is 0 Å². The highest BCUT2D eigenvalue weighted by Gasteiger charge is 2.46. The molecule has 4 heteroatoms. The van der Waals surface area contributed by atoms with E-state index in [9.17, 15) is 0 Å². The summed E-state index contributed by atoms with van der Waals surface area (Å²) in [5.41, 5.74) is 25.2. The lowest BCUT2D eigenvalue weighted by molar-refractivity contribution is 0.598. The highest BCUT2D eigenvalue weighted by molar-refractivity contribution is 6.10. The highest BCUT2D eigenvalue weighted by atomic mass is 15.2. The third-order valence-electron chi connectivity index (χ3n) is 19.9. The number of anilines is 12. The first-order chi connectivity index (χ1) is 46.2. The summed E-state index contributed by atoms with van der Waals surface area (Å²) in [6.07, 6.45) is 0. The van der Waals surface area contributed by atoms with Gasteiger partial charge in [0.1, 0.15) is 0 Å². The summed E-state index contributed by atoms with van der Waals surface area (Å²) in [6.45, 7) is 9.84. The van der Waals surface area contributed by atoms with Crippen LogP contribution in [0.2, 0.25) is 0 Å². The molecule has 0 radical (unpaired) electrons. The van der Waals surface area contributed by atoms with E-state index in [1.54, 1.807) is 0 Å². The molecule has 15 aromatic carbocycles. The van der Waals surface area contributed by atoms with Gasteiger partial charge in [-0.25, -0.2) is 0 Å². The molecule has 0 bridgehead atoms. The summed E-state index contributed by atoms with van der Waals surface area (Å²) in [5.74, 6) is 0. The Hall–Kier alpha value is -11.7. The third-order valence-corrected chi connectivity index (χ3v) is 19.9. The first kappa shape index (κ1) is 56.3. The lowest BCUT2D eigenvalue weighted by Crippen LogP contribution is -2.38. The number of fused-ring (bicyclic) bond motifs is 7. The van der Waals surface area contributed by atoms with Crippen LogP contribution in [0.3, 0.4) is 0 Å². The molecule has 2 aliphatic rings. The Morgan fingerprint density at radius 1 is 0.223 bits per heavy atom. The van der Waals surface area contributed by atoms with Crippen LogP contribution < -0.4 is 19.6 Å². The molecule has 0 aromatic heterocycles. The Bertz CT molecular complexity index is 5010. The van der Waals surface area contributed by atoms with Crippen molar-refractivity contribution in [3.63, 3.8) is 0 Å². The van der Waals surface area contributed by atoms with E-state index >= 15 is 0 Å². The fourth-order valence-electron chi connectivity index (χ4n) is 15.4. The van der Waals surface area contributed by atoms with Crippen molar-refractivity contribution in [2.75, 3.05) is 19.6 Å². The van der Waals surface area contributed by atoms with Gasteiger partial charge in [0.05, 0.1) is 34.1 Å². The Balaban J connectivity index is 0.865. The van der Waals surface area contributed by atoms with Crippen molar-refractivity contribution >= 4 is 101 Å². The lowest BCUT2D eigenvalue weighted by Gasteiger charge is -2.50. The van der Waals surface area contributed by atoms with E-state index < -0.39 is 10.8 Å². The molecule has 94 heavy (non-hydrogen) atoms. The molecule has 2 aliphatic heterocycles. The van der Waals surface area contributed by atoms with Gasteiger partial charge >= 0.3 is 0 Å². The van der Waals surface area contributed by atoms with Crippen LogP contribution in [-0.4, -0.2) is 0 Å². The van der Waals surface area contributed by atoms with Crippen LogP contribution in [-0.2, 0) is 10.8 Å². The van der Waals surface area contributed by atoms with Crippen molar-refractivity contribution in [2.45, 2.75) is 38.5 Å². The smallest absolute Gasteiger partial charge is 0.0544 e. The zero-order valence-electron chi connectivity index (χ0n) is 53.1. The van der Waals surface area contributed by atoms with Crippen molar-refractivity contribution in [1.29, 1.82) is 0 Å². The largest absolute Gasteiger partial charge is 0.310 e. The summed E-state index contributed by atoms with van der Waals surface area (Å²) in [7, 11) is 0. The van der Waals surface area contributed by atoms with Crippen LogP contribution in [0.25, 0.3) is 65.7 Å². The van der Waals surface area contributed by atoms with Crippen LogP contribution in [0.4, 0.5) is 68.2 Å². The average molecular weight is 1210 g/mol. The Kier molecular flexibility index (Phi) is 13.5. The number of rotatable bonds is 12. The van der Waals surface area contributed by atoms with Gasteiger partial charge in [0.2, 0.25) is 0 Å². The minimum atomic E-state index is -0.441. The normalized spacial score (nSPS) is 13.3. The van der Waals surface area contributed by atoms with Gasteiger partial charge in [-0.2, -0.15) is 0 Å². The maximum atomic E-state index is 2.62. The second-order valence-electron chi connectivity index (χ2n) is 26.0. The fourth-order valence-corrected chi connectivity index (χ4v) is 15.4. The summed E-state index contributed by atoms with van der Waals surface area (Å²) < 4.78 is 0. The molecule has 0 saturated carbocycles. The first-order valence-corrected chi connectivity index (χ1v) is 32.7. The number of hydrogen-bond donors (Lipinski definition) is 0. The molecule has 15 aromatic rings. The van der Waals surface area contributed by atoms with Gasteiger partial charge in [-0.1, -0.05) is 240 Å². The summed E-state index contributed by atoms with van der Waals surface area (Å²) in [6, 6.07) is 125. The predicted octanol–water partition coefficient (Wildman–Crippen LogP) is 25.3. The molecular formula is C90H68N4. The summed E-state index contributed by atoms with van der Waals surface area (Å²) in [5, 5.41) is 7.17. The molecule has 17 rings (SSSR count). The Morgan fingerprint density at radius 2 is 0.479 bits per heavy atom. The van der Waals surface area contributed by atoms with Gasteiger partial charge in [0.25, 0.3) is 0 Å². The van der Waals surface area contributed by atoms with Gasteiger partial charge in [0, 0.05) is 61.1 Å². The van der Waals surface area contributed by atoms with Crippen molar-refractivity contribution in [2.24, 2.45) is 0 Å². The Labute approximate surface area is 550 Å². The molecule has 0 N–H and O–H groups in total. The molecule has 0 fully saturated rings. The molecule has 0 saturated heterocycles. The van der Waals surface area contributed by atoms with Crippen LogP contribution in [0.15, 0.2) is 340 Å². The van der Waals surface area contributed by atoms with E-state index in [4.69, 9.17) is 0 Å². The average Bonchev–Trinajstić information content (AvgIpc) is 0.685. The van der Waals surface area contributed by atoms with Gasteiger partial charge in [-0.15, -0.1) is 0 Å². The van der Waals surface area contributed by atoms with E-state index in [2.05, 4.69) is 387 Å². The summed E-state index contributed by atoms with van der Waals surface area (Å²) in [4.78, 5) is 9.79. The van der Waals surface area contributed by atoms with Gasteiger partial charge in [-0.05, 0) is 199 Å². The van der Waals surface area contributed by atoms with Crippen LogP contribution in [0, 0.1) is 0 Å². The quantitative estimate of drug-likeness (QED) is 0.121. The van der Waals surface area contributed by atoms with Gasteiger partial charge < -0.3 is 19.6 Å². The van der Waals surface area contributed by atoms with E-state index in [1.165, 1.54) is 105 Å². The molecule has 4 nitrogen and oxygen atoms in total. The topological polar surface area (TPSA) is 13.0 Å². The van der Waals surface area contributed by atoms with E-state index in [0.29, 0.717) is 0 Å². The maximum Gasteiger partial charge on any atom is 0.0544 e. The molecule has 0 spiro atoms. The molecule has 0 unspecified atom stereocenters. The SMILES string of the molecule is CC1(C)c2cc(-c3cccc4c(N(c5ccccc5)c5ccccc5)cccc34)ccc2N2c3ccc(-c4cccc5c(N(c6ccccc6)c6ccccc6)cccc45)cc3C(C)(C)c3cc(-c4cccc5c(N(c6ccccc6)c6ccccc6)cccc45)cc1c32. The fraction of sp³-hybridized carbons (Fsp3) is 0.0667. The summed E-state index contributed by atoms with van der Waals surface area (Å²) >= 11 is 0. The monoisotopic (exact) mass is 1200 g/mol. The van der Waals surface area contributed by atoms with Crippen molar-refractivity contribution in [3.05, 3.63) is 362 Å². The number of hydrogen-bond acceptors (Lipinski definition) is 4. The van der Waals surface area contributed by atoms with E-state index in [0.717, 1.165) is 51.2 Å². The maximum absolute atomic E-state index is 2.62. The molecule has 2 heterocycles. The molecular weight excluding hydrogens is 1140 g/mol.